The van der Waals surface area contributed by atoms with E-state index < -0.39 is 6.36 Å². The second-order valence-electron chi connectivity index (χ2n) is 5.03. The van der Waals surface area contributed by atoms with E-state index in [1.165, 1.54) is 17.1 Å². The number of hydrazone groups is 1. The number of rotatable bonds is 4. The standard InChI is InChI=1S/C16H17F3N4O/c1-4-21-23-11(3)22-10(2)14(15(23)20)9-12-5-7-13(8-6-12)24-16(17,18)19/h4-8H,3,9,20H2,1-2H3/b21-4-. The van der Waals surface area contributed by atoms with Gasteiger partial charge in [-0.05, 0) is 31.5 Å². The molecule has 0 radical (unpaired) electrons. The Labute approximate surface area is 137 Å². The minimum atomic E-state index is -4.71. The Morgan fingerprint density at radius 1 is 1.33 bits per heavy atom. The molecular formula is C16H17F3N4O. The van der Waals surface area contributed by atoms with Gasteiger partial charge in [-0.2, -0.15) is 5.10 Å². The van der Waals surface area contributed by atoms with Gasteiger partial charge < -0.3 is 10.5 Å². The van der Waals surface area contributed by atoms with E-state index in [-0.39, 0.29) is 5.75 Å². The molecular weight excluding hydrogens is 321 g/mol. The molecule has 2 rings (SSSR count). The maximum absolute atomic E-state index is 12.2. The average molecular weight is 338 g/mol. The average Bonchev–Trinajstić information content (AvgIpc) is 2.48. The fraction of sp³-hybridized carbons (Fsp3) is 0.250. The molecule has 0 saturated carbocycles. The topological polar surface area (TPSA) is 63.2 Å². The van der Waals surface area contributed by atoms with Gasteiger partial charge >= 0.3 is 6.36 Å². The number of benzene rings is 1. The van der Waals surface area contributed by atoms with Crippen molar-refractivity contribution in [2.24, 2.45) is 15.8 Å². The van der Waals surface area contributed by atoms with Gasteiger partial charge in [0.05, 0.1) is 0 Å². The molecule has 1 aromatic rings. The first-order valence-corrected chi connectivity index (χ1v) is 7.08. The summed E-state index contributed by atoms with van der Waals surface area (Å²) < 4.78 is 40.4. The van der Waals surface area contributed by atoms with Crippen molar-refractivity contribution in [3.05, 3.63) is 53.6 Å². The summed E-state index contributed by atoms with van der Waals surface area (Å²) in [5, 5.41) is 5.52. The summed E-state index contributed by atoms with van der Waals surface area (Å²) >= 11 is 0. The molecule has 8 heteroatoms. The first kappa shape index (κ1) is 17.6. The highest BCUT2D eigenvalue weighted by Crippen LogP contribution is 2.26. The molecule has 0 saturated heterocycles. The zero-order valence-electron chi connectivity index (χ0n) is 13.3. The minimum Gasteiger partial charge on any atom is -0.406 e. The van der Waals surface area contributed by atoms with E-state index in [0.717, 1.165) is 11.1 Å². The van der Waals surface area contributed by atoms with E-state index in [1.807, 2.05) is 0 Å². The van der Waals surface area contributed by atoms with E-state index in [2.05, 4.69) is 21.4 Å². The summed E-state index contributed by atoms with van der Waals surface area (Å²) in [7, 11) is 0. The molecule has 0 atom stereocenters. The number of nitrogens with two attached hydrogens (primary N) is 1. The Balaban J connectivity index is 2.23. The van der Waals surface area contributed by atoms with Gasteiger partial charge in [0.2, 0.25) is 0 Å². The van der Waals surface area contributed by atoms with Crippen LogP contribution in [0.4, 0.5) is 13.2 Å². The van der Waals surface area contributed by atoms with Crippen LogP contribution in [0.1, 0.15) is 19.4 Å². The van der Waals surface area contributed by atoms with Crippen LogP contribution in [0.3, 0.4) is 0 Å². The zero-order valence-corrected chi connectivity index (χ0v) is 13.3. The normalized spacial score (nSPS) is 16.0. The predicted molar refractivity (Wildman–Crippen MR) is 86.3 cm³/mol. The zero-order chi connectivity index (χ0) is 17.9. The smallest absolute Gasteiger partial charge is 0.406 e. The van der Waals surface area contributed by atoms with Gasteiger partial charge in [0.1, 0.15) is 17.4 Å². The quantitative estimate of drug-likeness (QED) is 0.854. The van der Waals surface area contributed by atoms with Crippen molar-refractivity contribution < 1.29 is 17.9 Å². The van der Waals surface area contributed by atoms with Crippen LogP contribution >= 0.6 is 0 Å². The van der Waals surface area contributed by atoms with Crippen molar-refractivity contribution in [3.8, 4) is 5.75 Å². The van der Waals surface area contributed by atoms with Crippen LogP contribution in [0.5, 0.6) is 5.75 Å². The summed E-state index contributed by atoms with van der Waals surface area (Å²) in [5.41, 5.74) is 8.32. The maximum atomic E-state index is 12.2. The molecule has 1 aliphatic rings. The number of hydrogen-bond donors (Lipinski definition) is 1. The third kappa shape index (κ3) is 4.15. The van der Waals surface area contributed by atoms with Crippen molar-refractivity contribution in [2.45, 2.75) is 26.6 Å². The van der Waals surface area contributed by atoms with Crippen LogP contribution in [-0.2, 0) is 6.42 Å². The maximum Gasteiger partial charge on any atom is 0.573 e. The van der Waals surface area contributed by atoms with Gasteiger partial charge in [-0.15, -0.1) is 13.2 Å². The lowest BCUT2D eigenvalue weighted by Crippen LogP contribution is -2.29. The van der Waals surface area contributed by atoms with E-state index in [1.54, 1.807) is 32.2 Å². The highest BCUT2D eigenvalue weighted by atomic mass is 19.4. The van der Waals surface area contributed by atoms with E-state index in [4.69, 9.17) is 5.73 Å². The Bertz CT molecular complexity index is 718. The Morgan fingerprint density at radius 2 is 1.96 bits per heavy atom. The lowest BCUT2D eigenvalue weighted by molar-refractivity contribution is -0.274. The molecule has 0 unspecified atom stereocenters. The summed E-state index contributed by atoms with van der Waals surface area (Å²) in [6.07, 6.45) is -2.74. The molecule has 1 aliphatic heterocycles. The number of nitrogens with zero attached hydrogens (tertiary/aromatic N) is 3. The molecule has 2 N–H and O–H groups in total. The largest absolute Gasteiger partial charge is 0.573 e. The number of halogens is 3. The van der Waals surface area contributed by atoms with Crippen molar-refractivity contribution >= 4 is 11.9 Å². The molecule has 128 valence electrons. The lowest BCUT2D eigenvalue weighted by Gasteiger charge is -2.26. The first-order valence-electron chi connectivity index (χ1n) is 7.08. The minimum absolute atomic E-state index is 0.271. The highest BCUT2D eigenvalue weighted by molar-refractivity contribution is 6.00. The molecule has 1 heterocycles. The molecule has 0 spiro atoms. The van der Waals surface area contributed by atoms with Gasteiger partial charge in [-0.1, -0.05) is 18.7 Å². The summed E-state index contributed by atoms with van der Waals surface area (Å²) in [6, 6.07) is 5.61. The molecule has 1 aromatic carbocycles. The second-order valence-corrected chi connectivity index (χ2v) is 5.03. The van der Waals surface area contributed by atoms with Crippen molar-refractivity contribution in [3.63, 3.8) is 0 Å². The first-order chi connectivity index (χ1) is 11.2. The second kappa shape index (κ2) is 6.77. The molecule has 24 heavy (non-hydrogen) atoms. The van der Waals surface area contributed by atoms with Crippen molar-refractivity contribution in [1.29, 1.82) is 0 Å². The Kier molecular flexibility index (Phi) is 4.96. The van der Waals surface area contributed by atoms with Crippen molar-refractivity contribution in [2.75, 3.05) is 0 Å². The summed E-state index contributed by atoms with van der Waals surface area (Å²) in [4.78, 5) is 4.30. The molecule has 0 aromatic heterocycles. The van der Waals surface area contributed by atoms with Gasteiger partial charge in [0, 0.05) is 23.9 Å². The number of ether oxygens (including phenoxy) is 1. The van der Waals surface area contributed by atoms with Crippen LogP contribution in [-0.4, -0.2) is 23.3 Å². The molecule has 0 amide bonds. The lowest BCUT2D eigenvalue weighted by atomic mass is 10.0. The van der Waals surface area contributed by atoms with Gasteiger partial charge in [0.25, 0.3) is 0 Å². The van der Waals surface area contributed by atoms with Gasteiger partial charge in [-0.3, -0.25) is 0 Å². The summed E-state index contributed by atoms with van der Waals surface area (Å²) in [6.45, 7) is 7.32. The fourth-order valence-corrected chi connectivity index (χ4v) is 2.24. The molecule has 0 aliphatic carbocycles. The Morgan fingerprint density at radius 3 is 2.50 bits per heavy atom. The van der Waals surface area contributed by atoms with Gasteiger partial charge in [-0.25, -0.2) is 10.0 Å². The number of hydrogen-bond acceptors (Lipinski definition) is 5. The SMILES string of the molecule is C=C1N=C(C)C(Cc2ccc(OC(F)(F)F)cc2)=C(N)N1/N=C\C. The van der Waals surface area contributed by atoms with E-state index in [0.29, 0.717) is 23.8 Å². The van der Waals surface area contributed by atoms with E-state index in [9.17, 15) is 13.2 Å². The van der Waals surface area contributed by atoms with E-state index >= 15 is 0 Å². The summed E-state index contributed by atoms with van der Waals surface area (Å²) in [5.74, 6) is 0.523. The van der Waals surface area contributed by atoms with Crippen LogP contribution in [0, 0.1) is 0 Å². The third-order valence-corrected chi connectivity index (χ3v) is 3.28. The predicted octanol–water partition coefficient (Wildman–Crippen LogP) is 3.55. The van der Waals surface area contributed by atoms with Crippen LogP contribution < -0.4 is 10.5 Å². The Hall–Kier alpha value is -2.77. The fourth-order valence-electron chi connectivity index (χ4n) is 2.24. The number of aliphatic imine (C=N–C) groups is 1. The third-order valence-electron chi connectivity index (χ3n) is 3.28. The van der Waals surface area contributed by atoms with Crippen molar-refractivity contribution in [1.82, 2.24) is 5.01 Å². The monoisotopic (exact) mass is 338 g/mol. The molecule has 5 nitrogen and oxygen atoms in total. The highest BCUT2D eigenvalue weighted by Gasteiger charge is 2.31. The van der Waals surface area contributed by atoms with Gasteiger partial charge in [0.15, 0.2) is 0 Å². The number of allylic oxidation sites excluding steroid dienone is 1. The molecule has 0 fully saturated rings. The molecule has 0 bridgehead atoms. The van der Waals surface area contributed by atoms with Crippen LogP contribution in [0.25, 0.3) is 0 Å². The van der Waals surface area contributed by atoms with Crippen LogP contribution in [0.15, 0.2) is 58.2 Å². The number of alkyl halides is 3. The van der Waals surface area contributed by atoms with Crippen LogP contribution in [0.2, 0.25) is 0 Å².